The van der Waals surface area contributed by atoms with Gasteiger partial charge in [0.25, 0.3) is 0 Å². The molecule has 1 saturated heterocycles. The van der Waals surface area contributed by atoms with Crippen LogP contribution >= 0.6 is 0 Å². The molecule has 1 heterocycles. The maximum Gasteiger partial charge on any atom is 0.0601 e. The van der Waals surface area contributed by atoms with Crippen molar-refractivity contribution in [1.29, 1.82) is 0 Å². The monoisotopic (exact) mass is 234 g/mol. The molecule has 0 radical (unpaired) electrons. The molecule has 0 bridgehead atoms. The summed E-state index contributed by atoms with van der Waals surface area (Å²) in [7, 11) is 0. The largest absolute Gasteiger partial charge is 0.399 e. The maximum atomic E-state index is 6.03. The lowest BCUT2D eigenvalue weighted by molar-refractivity contribution is 0.396. The van der Waals surface area contributed by atoms with Gasteiger partial charge >= 0.3 is 0 Å². The Kier molecular flexibility index (Phi) is 3.74. The molecule has 0 saturated carbocycles. The predicted molar refractivity (Wildman–Crippen MR) is 73.9 cm³/mol. The van der Waals surface area contributed by atoms with Crippen LogP contribution < -0.4 is 22.1 Å². The molecule has 94 valence electrons. The predicted octanol–water partition coefficient (Wildman–Crippen LogP) is 1.42. The van der Waals surface area contributed by atoms with Gasteiger partial charge in [0.05, 0.1) is 11.4 Å². The molecular weight excluding hydrogens is 212 g/mol. The summed E-state index contributed by atoms with van der Waals surface area (Å²) in [5.41, 5.74) is 20.0. The zero-order valence-corrected chi connectivity index (χ0v) is 10.2. The van der Waals surface area contributed by atoms with Gasteiger partial charge in [0.1, 0.15) is 0 Å². The molecule has 1 unspecified atom stereocenters. The van der Waals surface area contributed by atoms with Gasteiger partial charge in [-0.3, -0.25) is 0 Å². The van der Waals surface area contributed by atoms with Crippen LogP contribution in [0.4, 0.5) is 17.1 Å². The smallest absolute Gasteiger partial charge is 0.0601 e. The number of nitrogens with two attached hydrogens (primary N) is 3. The quantitative estimate of drug-likeness (QED) is 0.691. The average molecular weight is 234 g/mol. The molecule has 0 aromatic heterocycles. The van der Waals surface area contributed by atoms with Crippen molar-refractivity contribution in [2.24, 2.45) is 11.7 Å². The second-order valence-corrected chi connectivity index (χ2v) is 4.85. The second-order valence-electron chi connectivity index (χ2n) is 4.85. The summed E-state index contributed by atoms with van der Waals surface area (Å²) < 4.78 is 0. The van der Waals surface area contributed by atoms with Crippen LogP contribution in [-0.2, 0) is 0 Å². The fourth-order valence-electron chi connectivity index (χ4n) is 2.62. The zero-order chi connectivity index (χ0) is 12.3. The summed E-state index contributed by atoms with van der Waals surface area (Å²) in [6, 6.07) is 5.77. The number of rotatable bonds is 3. The van der Waals surface area contributed by atoms with E-state index in [-0.39, 0.29) is 0 Å². The van der Waals surface area contributed by atoms with Crippen LogP contribution in [0.15, 0.2) is 18.2 Å². The van der Waals surface area contributed by atoms with Crippen molar-refractivity contribution >= 4 is 17.1 Å². The molecule has 4 heteroatoms. The van der Waals surface area contributed by atoms with Crippen molar-refractivity contribution in [2.75, 3.05) is 36.0 Å². The van der Waals surface area contributed by atoms with Crippen molar-refractivity contribution in [3.63, 3.8) is 0 Å². The molecule has 1 aromatic carbocycles. The first-order valence-corrected chi connectivity index (χ1v) is 6.30. The van der Waals surface area contributed by atoms with Crippen molar-refractivity contribution in [2.45, 2.75) is 19.3 Å². The van der Waals surface area contributed by atoms with E-state index in [4.69, 9.17) is 17.2 Å². The van der Waals surface area contributed by atoms with Crippen LogP contribution in [0.25, 0.3) is 0 Å². The molecule has 1 aromatic rings. The molecule has 1 aliphatic rings. The summed E-state index contributed by atoms with van der Waals surface area (Å²) in [6.45, 7) is 2.91. The van der Waals surface area contributed by atoms with Crippen LogP contribution in [0.1, 0.15) is 19.3 Å². The van der Waals surface area contributed by atoms with Gasteiger partial charge in [-0.1, -0.05) is 0 Å². The highest BCUT2D eigenvalue weighted by Crippen LogP contribution is 2.30. The van der Waals surface area contributed by atoms with E-state index in [1.165, 1.54) is 12.8 Å². The Morgan fingerprint density at radius 1 is 1.29 bits per heavy atom. The van der Waals surface area contributed by atoms with Crippen molar-refractivity contribution < 1.29 is 0 Å². The first-order valence-electron chi connectivity index (χ1n) is 6.30. The number of hydrogen-bond acceptors (Lipinski definition) is 4. The van der Waals surface area contributed by atoms with E-state index < -0.39 is 0 Å². The zero-order valence-electron chi connectivity index (χ0n) is 10.2. The number of anilines is 3. The number of nitrogens with zero attached hydrogens (tertiary/aromatic N) is 1. The fourth-order valence-corrected chi connectivity index (χ4v) is 2.62. The van der Waals surface area contributed by atoms with Gasteiger partial charge in [0.2, 0.25) is 0 Å². The highest BCUT2D eigenvalue weighted by Gasteiger charge is 2.20. The van der Waals surface area contributed by atoms with E-state index in [1.807, 2.05) is 18.2 Å². The Morgan fingerprint density at radius 3 is 2.82 bits per heavy atom. The Labute approximate surface area is 103 Å². The third-order valence-corrected chi connectivity index (χ3v) is 3.49. The number of nitrogen functional groups attached to an aromatic ring is 2. The van der Waals surface area contributed by atoms with Gasteiger partial charge in [-0.05, 0) is 49.9 Å². The van der Waals surface area contributed by atoms with E-state index >= 15 is 0 Å². The minimum atomic E-state index is 0.700. The van der Waals surface area contributed by atoms with Crippen molar-refractivity contribution in [3.05, 3.63) is 18.2 Å². The number of benzene rings is 1. The Bertz CT molecular complexity index is 376. The van der Waals surface area contributed by atoms with Gasteiger partial charge in [-0.2, -0.15) is 0 Å². The van der Waals surface area contributed by atoms with E-state index in [2.05, 4.69) is 4.90 Å². The second kappa shape index (κ2) is 5.27. The summed E-state index contributed by atoms with van der Waals surface area (Å²) in [4.78, 5) is 2.36. The van der Waals surface area contributed by atoms with E-state index in [1.54, 1.807) is 0 Å². The summed E-state index contributed by atoms with van der Waals surface area (Å²) >= 11 is 0. The Balaban J connectivity index is 2.10. The maximum absolute atomic E-state index is 6.03. The van der Waals surface area contributed by atoms with E-state index in [9.17, 15) is 0 Å². The molecule has 1 fully saturated rings. The fraction of sp³-hybridized carbons (Fsp3) is 0.538. The van der Waals surface area contributed by atoms with Crippen molar-refractivity contribution in [1.82, 2.24) is 0 Å². The highest BCUT2D eigenvalue weighted by atomic mass is 15.1. The van der Waals surface area contributed by atoms with E-state index in [0.717, 1.165) is 43.1 Å². The first kappa shape index (κ1) is 12.0. The third kappa shape index (κ3) is 2.82. The molecule has 0 amide bonds. The third-order valence-electron chi connectivity index (χ3n) is 3.49. The van der Waals surface area contributed by atoms with Crippen LogP contribution in [0.5, 0.6) is 0 Å². The van der Waals surface area contributed by atoms with Gasteiger partial charge in [0, 0.05) is 18.8 Å². The normalized spacial score (nSPS) is 20.5. The van der Waals surface area contributed by atoms with Crippen LogP contribution in [0.2, 0.25) is 0 Å². The van der Waals surface area contributed by atoms with Gasteiger partial charge in [0.15, 0.2) is 0 Å². The molecule has 1 aliphatic heterocycles. The number of hydrogen-bond donors (Lipinski definition) is 3. The summed E-state index contributed by atoms with van der Waals surface area (Å²) in [6.07, 6.45) is 3.60. The van der Waals surface area contributed by atoms with Gasteiger partial charge in [-0.15, -0.1) is 0 Å². The Morgan fingerprint density at radius 2 is 2.12 bits per heavy atom. The van der Waals surface area contributed by atoms with Crippen molar-refractivity contribution in [3.8, 4) is 0 Å². The molecule has 4 nitrogen and oxygen atoms in total. The SMILES string of the molecule is NCCC1CCCN(c2ccc(N)cc2N)C1. The molecule has 0 spiro atoms. The molecule has 17 heavy (non-hydrogen) atoms. The molecule has 1 atom stereocenters. The Hall–Kier alpha value is -1.42. The minimum Gasteiger partial charge on any atom is -0.399 e. The lowest BCUT2D eigenvalue weighted by atomic mass is 9.94. The van der Waals surface area contributed by atoms with Crippen LogP contribution in [-0.4, -0.2) is 19.6 Å². The average Bonchev–Trinajstić information content (AvgIpc) is 2.29. The first-order chi connectivity index (χ1) is 8.20. The van der Waals surface area contributed by atoms with Gasteiger partial charge < -0.3 is 22.1 Å². The highest BCUT2D eigenvalue weighted by molar-refractivity contribution is 5.72. The summed E-state index contributed by atoms with van der Waals surface area (Å²) in [5.74, 6) is 0.700. The topological polar surface area (TPSA) is 81.3 Å². The van der Waals surface area contributed by atoms with Gasteiger partial charge in [-0.25, -0.2) is 0 Å². The lowest BCUT2D eigenvalue weighted by Gasteiger charge is -2.35. The molecule has 0 aliphatic carbocycles. The molecule has 2 rings (SSSR count). The summed E-state index contributed by atoms with van der Waals surface area (Å²) in [5, 5.41) is 0. The lowest BCUT2D eigenvalue weighted by Crippen LogP contribution is -2.36. The van der Waals surface area contributed by atoms with E-state index in [0.29, 0.717) is 5.92 Å². The van der Waals surface area contributed by atoms with Crippen LogP contribution in [0, 0.1) is 5.92 Å². The van der Waals surface area contributed by atoms with Crippen LogP contribution in [0.3, 0.4) is 0 Å². The minimum absolute atomic E-state index is 0.700. The number of piperidine rings is 1. The molecular formula is C13H22N4. The standard InChI is InChI=1S/C13H22N4/c14-6-5-10-2-1-7-17(9-10)13-4-3-11(15)8-12(13)16/h3-4,8,10H,1-2,5-7,9,14-16H2. The molecule has 6 N–H and O–H groups in total.